The highest BCUT2D eigenvalue weighted by molar-refractivity contribution is 5.24. The molecule has 0 unspecified atom stereocenters. The van der Waals surface area contributed by atoms with E-state index < -0.39 is 0 Å². The molecule has 0 radical (unpaired) electrons. The van der Waals surface area contributed by atoms with Crippen LogP contribution in [0.25, 0.3) is 0 Å². The second-order valence-electron chi connectivity index (χ2n) is 3.93. The van der Waals surface area contributed by atoms with Gasteiger partial charge in [-0.25, -0.2) is 9.97 Å². The van der Waals surface area contributed by atoms with Crippen molar-refractivity contribution in [2.45, 2.75) is 18.9 Å². The van der Waals surface area contributed by atoms with Crippen LogP contribution in [-0.4, -0.2) is 40.5 Å². The highest BCUT2D eigenvalue weighted by atomic mass is 15.2. The zero-order valence-electron chi connectivity index (χ0n) is 9.13. The van der Waals surface area contributed by atoms with Gasteiger partial charge in [0.2, 0.25) is 5.95 Å². The zero-order chi connectivity index (χ0) is 11.2. The van der Waals surface area contributed by atoms with Gasteiger partial charge in [0.15, 0.2) is 0 Å². The molecule has 5 heteroatoms. The summed E-state index contributed by atoms with van der Waals surface area (Å²) in [5, 5.41) is 11.9. The molecule has 1 aliphatic heterocycles. The van der Waals surface area contributed by atoms with Crippen molar-refractivity contribution in [1.29, 1.82) is 5.26 Å². The lowest BCUT2D eigenvalue weighted by Crippen LogP contribution is -2.39. The number of rotatable bonds is 3. The second-order valence-corrected chi connectivity index (χ2v) is 3.93. The van der Waals surface area contributed by atoms with Crippen LogP contribution in [0.1, 0.15) is 12.8 Å². The molecule has 1 saturated heterocycles. The minimum atomic E-state index is 0.428. The molecule has 5 nitrogen and oxygen atoms in total. The molecule has 0 bridgehead atoms. The van der Waals surface area contributed by atoms with Crippen LogP contribution in [0.2, 0.25) is 0 Å². The van der Waals surface area contributed by atoms with Crippen molar-refractivity contribution in [3.63, 3.8) is 0 Å². The summed E-state index contributed by atoms with van der Waals surface area (Å²) in [7, 11) is 0. The van der Waals surface area contributed by atoms with Crippen molar-refractivity contribution in [2.75, 3.05) is 25.0 Å². The Balaban J connectivity index is 1.80. The van der Waals surface area contributed by atoms with Gasteiger partial charge in [0.25, 0.3) is 0 Å². The van der Waals surface area contributed by atoms with E-state index in [9.17, 15) is 0 Å². The van der Waals surface area contributed by atoms with Crippen LogP contribution >= 0.6 is 0 Å². The van der Waals surface area contributed by atoms with Crippen molar-refractivity contribution in [3.8, 4) is 6.07 Å². The van der Waals surface area contributed by atoms with Crippen LogP contribution in [0, 0.1) is 11.3 Å². The molecular weight excluding hydrogens is 202 g/mol. The maximum atomic E-state index is 8.59. The van der Waals surface area contributed by atoms with Gasteiger partial charge in [0, 0.05) is 31.5 Å². The number of hydrogen-bond acceptors (Lipinski definition) is 5. The van der Waals surface area contributed by atoms with Gasteiger partial charge in [-0.1, -0.05) is 0 Å². The molecule has 1 fully saturated rings. The van der Waals surface area contributed by atoms with E-state index >= 15 is 0 Å². The molecule has 84 valence electrons. The maximum absolute atomic E-state index is 8.59. The lowest BCUT2D eigenvalue weighted by molar-refractivity contribution is 0.242. The fourth-order valence-electron chi connectivity index (χ4n) is 1.89. The van der Waals surface area contributed by atoms with Crippen molar-refractivity contribution in [3.05, 3.63) is 18.5 Å². The summed E-state index contributed by atoms with van der Waals surface area (Å²) in [5.74, 6) is 0.696. The molecule has 1 aromatic rings. The zero-order valence-corrected chi connectivity index (χ0v) is 9.13. The average Bonchev–Trinajstić information content (AvgIpc) is 2.33. The molecule has 2 heterocycles. The minimum absolute atomic E-state index is 0.428. The van der Waals surface area contributed by atoms with Gasteiger partial charge in [-0.2, -0.15) is 5.26 Å². The van der Waals surface area contributed by atoms with E-state index in [1.807, 2.05) is 0 Å². The summed E-state index contributed by atoms with van der Waals surface area (Å²) in [6.45, 7) is 2.48. The van der Waals surface area contributed by atoms with E-state index in [1.165, 1.54) is 0 Å². The fraction of sp³-hybridized carbons (Fsp3) is 0.545. The average molecular weight is 217 g/mol. The molecule has 0 amide bonds. The summed E-state index contributed by atoms with van der Waals surface area (Å²) in [6.07, 6.45) is 5.56. The van der Waals surface area contributed by atoms with Crippen LogP contribution in [0.4, 0.5) is 5.95 Å². The van der Waals surface area contributed by atoms with E-state index in [4.69, 9.17) is 5.26 Å². The summed E-state index contributed by atoms with van der Waals surface area (Å²) < 4.78 is 0. The lowest BCUT2D eigenvalue weighted by Gasteiger charge is -2.30. The summed E-state index contributed by atoms with van der Waals surface area (Å²) in [6, 6.07) is 4.42. The largest absolute Gasteiger partial charge is 0.351 e. The Morgan fingerprint density at radius 2 is 2.06 bits per heavy atom. The maximum Gasteiger partial charge on any atom is 0.222 e. The number of anilines is 1. The van der Waals surface area contributed by atoms with Crippen LogP contribution < -0.4 is 5.32 Å². The predicted molar refractivity (Wildman–Crippen MR) is 60.7 cm³/mol. The molecule has 16 heavy (non-hydrogen) atoms. The van der Waals surface area contributed by atoms with Gasteiger partial charge >= 0.3 is 0 Å². The van der Waals surface area contributed by atoms with Gasteiger partial charge in [-0.15, -0.1) is 0 Å². The van der Waals surface area contributed by atoms with Gasteiger partial charge in [0.05, 0.1) is 12.6 Å². The number of nitrogens with one attached hydrogen (secondary N) is 1. The SMILES string of the molecule is N#CCN1CCC(Nc2ncccn2)CC1. The Hall–Kier alpha value is -1.67. The Morgan fingerprint density at radius 1 is 1.38 bits per heavy atom. The third-order valence-corrected chi connectivity index (χ3v) is 2.78. The van der Waals surface area contributed by atoms with E-state index in [-0.39, 0.29) is 0 Å². The van der Waals surface area contributed by atoms with Gasteiger partial charge in [-0.05, 0) is 18.9 Å². The number of aromatic nitrogens is 2. The van der Waals surface area contributed by atoms with Crippen LogP contribution in [0.3, 0.4) is 0 Å². The fourth-order valence-corrected chi connectivity index (χ4v) is 1.89. The highest BCUT2D eigenvalue weighted by Gasteiger charge is 2.18. The smallest absolute Gasteiger partial charge is 0.222 e. The lowest BCUT2D eigenvalue weighted by atomic mass is 10.1. The quantitative estimate of drug-likeness (QED) is 0.761. The molecule has 1 aliphatic rings. The highest BCUT2D eigenvalue weighted by Crippen LogP contribution is 2.13. The summed E-state index contributed by atoms with van der Waals surface area (Å²) >= 11 is 0. The van der Waals surface area contributed by atoms with Crippen LogP contribution in [-0.2, 0) is 0 Å². The van der Waals surface area contributed by atoms with Gasteiger partial charge in [-0.3, -0.25) is 4.90 Å². The number of hydrogen-bond donors (Lipinski definition) is 1. The van der Waals surface area contributed by atoms with Crippen molar-refractivity contribution in [1.82, 2.24) is 14.9 Å². The second kappa shape index (κ2) is 5.42. The van der Waals surface area contributed by atoms with Crippen LogP contribution in [0.15, 0.2) is 18.5 Å². The Labute approximate surface area is 95.1 Å². The molecule has 0 saturated carbocycles. The van der Waals surface area contributed by atoms with Crippen molar-refractivity contribution >= 4 is 5.95 Å². The standard InChI is InChI=1S/C11H15N5/c12-4-9-16-7-2-10(3-8-16)15-11-13-5-1-6-14-11/h1,5-6,10H,2-3,7-9H2,(H,13,14,15). The van der Waals surface area contributed by atoms with Crippen molar-refractivity contribution < 1.29 is 0 Å². The molecule has 0 spiro atoms. The molecule has 2 rings (SSSR count). The number of nitrogens with zero attached hydrogens (tertiary/aromatic N) is 4. The minimum Gasteiger partial charge on any atom is -0.351 e. The third-order valence-electron chi connectivity index (χ3n) is 2.78. The first-order chi connectivity index (χ1) is 7.88. The van der Waals surface area contributed by atoms with Gasteiger partial charge in [0.1, 0.15) is 0 Å². The van der Waals surface area contributed by atoms with Crippen LogP contribution in [0.5, 0.6) is 0 Å². The first-order valence-corrected chi connectivity index (χ1v) is 5.51. The number of piperidine rings is 1. The normalized spacial score (nSPS) is 17.9. The molecule has 0 aromatic carbocycles. The third kappa shape index (κ3) is 2.91. The molecular formula is C11H15N5. The number of likely N-dealkylation sites (tertiary alicyclic amines) is 1. The van der Waals surface area contributed by atoms with E-state index in [0.717, 1.165) is 25.9 Å². The summed E-state index contributed by atoms with van der Waals surface area (Å²) in [4.78, 5) is 10.5. The monoisotopic (exact) mass is 217 g/mol. The Morgan fingerprint density at radius 3 is 2.69 bits per heavy atom. The molecule has 1 aromatic heterocycles. The topological polar surface area (TPSA) is 64.8 Å². The summed E-state index contributed by atoms with van der Waals surface area (Å²) in [5.41, 5.74) is 0. The molecule has 0 atom stereocenters. The Kier molecular flexibility index (Phi) is 3.67. The van der Waals surface area contributed by atoms with Crippen molar-refractivity contribution in [2.24, 2.45) is 0 Å². The Bertz CT molecular complexity index is 350. The first-order valence-electron chi connectivity index (χ1n) is 5.51. The first kappa shape index (κ1) is 10.8. The molecule has 0 aliphatic carbocycles. The van der Waals surface area contributed by atoms with E-state index in [2.05, 4.69) is 26.3 Å². The van der Waals surface area contributed by atoms with Gasteiger partial charge < -0.3 is 5.32 Å². The predicted octanol–water partition coefficient (Wildman–Crippen LogP) is 0.876. The molecule has 1 N–H and O–H groups in total. The number of nitriles is 1. The van der Waals surface area contributed by atoms with E-state index in [0.29, 0.717) is 18.5 Å². The van der Waals surface area contributed by atoms with E-state index in [1.54, 1.807) is 18.5 Å².